The molecule has 3 aliphatic rings. The van der Waals surface area contributed by atoms with E-state index in [4.69, 9.17) is 9.97 Å². The molecule has 3 fully saturated rings. The van der Waals surface area contributed by atoms with Gasteiger partial charge in [0.2, 0.25) is 17.7 Å². The third-order valence-corrected chi connectivity index (χ3v) is 9.88. The third kappa shape index (κ3) is 5.66. The van der Waals surface area contributed by atoms with Crippen LogP contribution in [-0.2, 0) is 14.4 Å². The predicted octanol–water partition coefficient (Wildman–Crippen LogP) is 2.08. The SMILES string of the molecule is Cc1c2nc(NCC(=O)N3CCN(C4CCCC4)CC3)sc2cc2sc(NCC(=O)N3CCNC(=O)C3)nc12. The largest absolute Gasteiger partial charge is 0.353 e. The van der Waals surface area contributed by atoms with Crippen LogP contribution in [0, 0.1) is 6.92 Å². The Morgan fingerprint density at radius 1 is 0.923 bits per heavy atom. The van der Waals surface area contributed by atoms with Crippen molar-refractivity contribution in [1.82, 2.24) is 30.0 Å². The summed E-state index contributed by atoms with van der Waals surface area (Å²) in [6.07, 6.45) is 5.28. The number of carbonyl (C=O) groups is 3. The van der Waals surface area contributed by atoms with E-state index in [-0.39, 0.29) is 37.4 Å². The Morgan fingerprint density at radius 3 is 2.10 bits per heavy atom. The van der Waals surface area contributed by atoms with Gasteiger partial charge in [0, 0.05) is 50.9 Å². The number of thiazole rings is 2. The van der Waals surface area contributed by atoms with Gasteiger partial charge in [-0.15, -0.1) is 0 Å². The Balaban J connectivity index is 1.05. The number of aromatic nitrogens is 2. The molecule has 11 nitrogen and oxygen atoms in total. The van der Waals surface area contributed by atoms with E-state index in [9.17, 15) is 14.4 Å². The highest BCUT2D eigenvalue weighted by Gasteiger charge is 2.28. The van der Waals surface area contributed by atoms with Gasteiger partial charge < -0.3 is 25.8 Å². The van der Waals surface area contributed by atoms with Crippen LogP contribution in [0.5, 0.6) is 0 Å². The molecule has 2 saturated heterocycles. The van der Waals surface area contributed by atoms with Crippen LogP contribution in [0.2, 0.25) is 0 Å². The number of hydrogen-bond donors (Lipinski definition) is 3. The van der Waals surface area contributed by atoms with E-state index in [2.05, 4.69) is 26.9 Å². The Kier molecular flexibility index (Phi) is 7.54. The topological polar surface area (TPSA) is 123 Å². The maximum Gasteiger partial charge on any atom is 0.242 e. The third-order valence-electron chi connectivity index (χ3n) is 7.96. The van der Waals surface area contributed by atoms with Crippen molar-refractivity contribution < 1.29 is 14.4 Å². The lowest BCUT2D eigenvalue weighted by Crippen LogP contribution is -2.52. The number of rotatable bonds is 7. The molecule has 13 heteroatoms. The number of piperazine rings is 2. The van der Waals surface area contributed by atoms with Crippen molar-refractivity contribution in [3.63, 3.8) is 0 Å². The number of amides is 3. The minimum atomic E-state index is -0.131. The van der Waals surface area contributed by atoms with Gasteiger partial charge in [-0.2, -0.15) is 0 Å². The van der Waals surface area contributed by atoms with E-state index in [1.165, 1.54) is 48.4 Å². The molecule has 3 N–H and O–H groups in total. The zero-order valence-electron chi connectivity index (χ0n) is 22.1. The van der Waals surface area contributed by atoms with E-state index in [0.29, 0.717) is 24.3 Å². The van der Waals surface area contributed by atoms with Crippen LogP contribution in [0.25, 0.3) is 20.4 Å². The maximum atomic E-state index is 12.9. The van der Waals surface area contributed by atoms with Gasteiger partial charge >= 0.3 is 0 Å². The van der Waals surface area contributed by atoms with Crippen LogP contribution >= 0.6 is 22.7 Å². The number of anilines is 2. The van der Waals surface area contributed by atoms with Crippen molar-refractivity contribution in [2.45, 2.75) is 38.6 Å². The number of benzene rings is 1. The molecule has 0 radical (unpaired) electrons. The fourth-order valence-corrected chi connectivity index (χ4v) is 7.76. The molecule has 3 aromatic rings. The molecule has 2 aromatic heterocycles. The van der Waals surface area contributed by atoms with Crippen molar-refractivity contribution in [2.75, 3.05) is 69.5 Å². The summed E-state index contributed by atoms with van der Waals surface area (Å²) in [5.41, 5.74) is 2.71. The number of nitrogens with one attached hydrogen (secondary N) is 3. The zero-order valence-corrected chi connectivity index (χ0v) is 23.8. The number of aryl methyl sites for hydroxylation is 1. The summed E-state index contributed by atoms with van der Waals surface area (Å²) >= 11 is 3.03. The summed E-state index contributed by atoms with van der Waals surface area (Å²) in [6, 6.07) is 2.79. The molecule has 6 rings (SSSR count). The fraction of sp³-hybridized carbons (Fsp3) is 0.577. The average molecular weight is 571 g/mol. The Hall–Kier alpha value is -3.03. The van der Waals surface area contributed by atoms with E-state index in [1.807, 2.05) is 11.8 Å². The van der Waals surface area contributed by atoms with Gasteiger partial charge in [0.15, 0.2) is 10.3 Å². The van der Waals surface area contributed by atoms with Crippen LogP contribution in [-0.4, -0.2) is 107 Å². The van der Waals surface area contributed by atoms with Gasteiger partial charge in [-0.25, -0.2) is 9.97 Å². The molecule has 1 saturated carbocycles. The molecule has 3 amide bonds. The first-order valence-electron chi connectivity index (χ1n) is 13.7. The highest BCUT2D eigenvalue weighted by atomic mass is 32.1. The molecule has 39 heavy (non-hydrogen) atoms. The van der Waals surface area contributed by atoms with E-state index >= 15 is 0 Å². The molecule has 4 heterocycles. The number of nitrogens with zero attached hydrogens (tertiary/aromatic N) is 5. The lowest BCUT2D eigenvalue weighted by atomic mass is 10.2. The molecule has 0 unspecified atom stereocenters. The molecular formula is C26H34N8O3S2. The minimum absolute atomic E-state index is 0.0937. The first-order valence-corrected chi connectivity index (χ1v) is 15.3. The van der Waals surface area contributed by atoms with Gasteiger partial charge in [0.1, 0.15) is 0 Å². The standard InChI is InChI=1S/C26H34N8O3S2/c1-16-23-18(12-19-24(16)31-26(39-19)29-14-22(37)34-7-6-27-20(35)15-34)38-25(30-23)28-13-21(36)33-10-8-32(9-11-33)17-4-2-3-5-17/h12,17H,2-11,13-15H2,1H3,(H,27,35)(H,28,30)(H,29,31). The van der Waals surface area contributed by atoms with Gasteiger partial charge in [-0.3, -0.25) is 19.3 Å². The summed E-state index contributed by atoms with van der Waals surface area (Å²) in [4.78, 5) is 52.5. The second-order valence-corrected chi connectivity index (χ2v) is 12.5. The lowest BCUT2D eigenvalue weighted by Gasteiger charge is -2.38. The Bertz CT molecular complexity index is 1390. The quantitative estimate of drug-likeness (QED) is 0.395. The molecule has 0 bridgehead atoms. The van der Waals surface area contributed by atoms with E-state index < -0.39 is 0 Å². The maximum absolute atomic E-state index is 12.9. The van der Waals surface area contributed by atoms with Gasteiger partial charge in [0.25, 0.3) is 0 Å². The van der Waals surface area contributed by atoms with Crippen molar-refractivity contribution in [3.05, 3.63) is 11.6 Å². The monoisotopic (exact) mass is 570 g/mol. The van der Waals surface area contributed by atoms with Crippen molar-refractivity contribution in [2.24, 2.45) is 0 Å². The fourth-order valence-electron chi connectivity index (χ4n) is 5.76. The van der Waals surface area contributed by atoms with Gasteiger partial charge in [-0.1, -0.05) is 35.5 Å². The van der Waals surface area contributed by atoms with Crippen LogP contribution in [0.4, 0.5) is 10.3 Å². The summed E-state index contributed by atoms with van der Waals surface area (Å²) in [5, 5.41) is 10.5. The van der Waals surface area contributed by atoms with Crippen molar-refractivity contribution >= 4 is 71.1 Å². The second-order valence-electron chi connectivity index (χ2n) is 10.5. The number of fused-ring (bicyclic) bond motifs is 2. The zero-order chi connectivity index (χ0) is 26.9. The van der Waals surface area contributed by atoms with Crippen LogP contribution in [0.15, 0.2) is 6.07 Å². The second kappa shape index (κ2) is 11.2. The summed E-state index contributed by atoms with van der Waals surface area (Å²) in [5.74, 6) is -0.132. The van der Waals surface area contributed by atoms with E-state index in [1.54, 1.807) is 4.90 Å². The average Bonchev–Trinajstić information content (AvgIpc) is 3.71. The molecule has 208 valence electrons. The van der Waals surface area contributed by atoms with Gasteiger partial charge in [0.05, 0.1) is 40.1 Å². The molecule has 0 atom stereocenters. The lowest BCUT2D eigenvalue weighted by molar-refractivity contribution is -0.136. The molecular weight excluding hydrogens is 536 g/mol. The van der Waals surface area contributed by atoms with Crippen molar-refractivity contribution in [1.29, 1.82) is 0 Å². The predicted molar refractivity (Wildman–Crippen MR) is 155 cm³/mol. The van der Waals surface area contributed by atoms with Crippen LogP contribution in [0.3, 0.4) is 0 Å². The van der Waals surface area contributed by atoms with E-state index in [0.717, 1.165) is 57.3 Å². The molecule has 1 aromatic carbocycles. The van der Waals surface area contributed by atoms with Crippen LogP contribution < -0.4 is 16.0 Å². The van der Waals surface area contributed by atoms with Crippen LogP contribution in [0.1, 0.15) is 31.2 Å². The van der Waals surface area contributed by atoms with Gasteiger partial charge in [-0.05, 0) is 25.8 Å². The normalized spacial score (nSPS) is 19.2. The molecule has 0 spiro atoms. The molecule has 1 aliphatic carbocycles. The highest BCUT2D eigenvalue weighted by Crippen LogP contribution is 2.37. The minimum Gasteiger partial charge on any atom is -0.353 e. The molecule has 2 aliphatic heterocycles. The first-order chi connectivity index (χ1) is 18.9. The number of carbonyl (C=O) groups excluding carboxylic acids is 3. The summed E-state index contributed by atoms with van der Waals surface area (Å²) in [6.45, 7) is 6.99. The smallest absolute Gasteiger partial charge is 0.242 e. The Morgan fingerprint density at radius 2 is 1.51 bits per heavy atom. The number of hydrogen-bond acceptors (Lipinski definition) is 10. The highest BCUT2D eigenvalue weighted by molar-refractivity contribution is 7.24. The summed E-state index contributed by atoms with van der Waals surface area (Å²) in [7, 11) is 0. The first kappa shape index (κ1) is 26.2. The summed E-state index contributed by atoms with van der Waals surface area (Å²) < 4.78 is 2.05. The van der Waals surface area contributed by atoms with Crippen molar-refractivity contribution in [3.8, 4) is 0 Å². The Labute approximate surface area is 234 Å².